The monoisotopic (exact) mass is 397 g/mol. The first-order valence-electron chi connectivity index (χ1n) is 7.47. The zero-order valence-corrected chi connectivity index (χ0v) is 14.7. The number of furan rings is 1. The fourth-order valence-corrected chi connectivity index (χ4v) is 3.19. The van der Waals surface area contributed by atoms with Crippen molar-refractivity contribution in [1.82, 2.24) is 4.98 Å². The Morgan fingerprint density at radius 3 is 2.80 bits per heavy atom. The summed E-state index contributed by atoms with van der Waals surface area (Å²) in [5.41, 5.74) is 1.83. The molecule has 0 saturated carbocycles. The zero-order valence-electron chi connectivity index (χ0n) is 13.1. The Morgan fingerprint density at radius 2 is 2.04 bits per heavy atom. The maximum Gasteiger partial charge on any atom is 0.336 e. The maximum atomic E-state index is 11.7. The Hall–Kier alpha value is -2.86. The number of para-hydroxylation sites is 1. The Morgan fingerprint density at radius 1 is 1.20 bits per heavy atom. The van der Waals surface area contributed by atoms with Gasteiger partial charge in [-0.2, -0.15) is 0 Å². The number of carbonyl (C=O) groups is 1. The lowest BCUT2D eigenvalue weighted by Crippen LogP contribution is -2.00. The first-order valence-corrected chi connectivity index (χ1v) is 8.26. The number of aromatic nitrogens is 1. The highest BCUT2D eigenvalue weighted by Crippen LogP contribution is 2.34. The third-order valence-electron chi connectivity index (χ3n) is 3.98. The molecule has 0 fully saturated rings. The topological polar surface area (TPSA) is 72.6 Å². The van der Waals surface area contributed by atoms with Gasteiger partial charge in [-0.1, -0.05) is 28.1 Å². The van der Waals surface area contributed by atoms with E-state index in [1.165, 1.54) is 6.07 Å². The Kier molecular flexibility index (Phi) is 3.69. The van der Waals surface area contributed by atoms with E-state index >= 15 is 0 Å². The van der Waals surface area contributed by atoms with Gasteiger partial charge < -0.3 is 14.3 Å². The molecule has 4 aromatic rings. The molecule has 2 aromatic heterocycles. The summed E-state index contributed by atoms with van der Waals surface area (Å²) in [6.07, 6.45) is 0. The third-order valence-corrected chi connectivity index (χ3v) is 4.47. The van der Waals surface area contributed by atoms with Crippen LogP contribution in [0, 0.1) is 0 Å². The molecule has 2 heterocycles. The van der Waals surface area contributed by atoms with Gasteiger partial charge in [0.05, 0.1) is 18.2 Å². The van der Waals surface area contributed by atoms with Crippen LogP contribution in [-0.2, 0) is 0 Å². The smallest absolute Gasteiger partial charge is 0.336 e. The fraction of sp³-hybridized carbons (Fsp3) is 0.0526. The highest BCUT2D eigenvalue weighted by molar-refractivity contribution is 9.10. The van der Waals surface area contributed by atoms with E-state index < -0.39 is 5.97 Å². The molecule has 0 unspecified atom stereocenters. The Bertz CT molecular complexity index is 1130. The number of nitrogens with zero attached hydrogens (tertiary/aromatic N) is 1. The van der Waals surface area contributed by atoms with Crippen LogP contribution >= 0.6 is 15.9 Å². The van der Waals surface area contributed by atoms with Crippen molar-refractivity contribution in [2.45, 2.75) is 0 Å². The normalized spacial score (nSPS) is 11.1. The van der Waals surface area contributed by atoms with Crippen LogP contribution in [0.5, 0.6) is 5.75 Å². The average molecular weight is 398 g/mol. The molecule has 1 N–H and O–H groups in total. The van der Waals surface area contributed by atoms with Crippen LogP contribution in [-0.4, -0.2) is 23.2 Å². The molecule has 25 heavy (non-hydrogen) atoms. The van der Waals surface area contributed by atoms with E-state index in [2.05, 4.69) is 20.9 Å². The first kappa shape index (κ1) is 15.7. The lowest BCUT2D eigenvalue weighted by atomic mass is 10.1. The van der Waals surface area contributed by atoms with Crippen LogP contribution in [0.15, 0.2) is 57.4 Å². The number of fused-ring (bicyclic) bond motifs is 2. The van der Waals surface area contributed by atoms with Crippen LogP contribution in [0.3, 0.4) is 0 Å². The van der Waals surface area contributed by atoms with Crippen molar-refractivity contribution in [2.24, 2.45) is 0 Å². The molecule has 0 spiro atoms. The molecule has 0 bridgehead atoms. The van der Waals surface area contributed by atoms with E-state index in [0.717, 1.165) is 9.86 Å². The van der Waals surface area contributed by atoms with Gasteiger partial charge in [-0.05, 0) is 36.4 Å². The molecule has 0 aliphatic rings. The summed E-state index contributed by atoms with van der Waals surface area (Å²) in [6.45, 7) is 0. The van der Waals surface area contributed by atoms with Crippen molar-refractivity contribution in [3.63, 3.8) is 0 Å². The summed E-state index contributed by atoms with van der Waals surface area (Å²) < 4.78 is 12.0. The minimum Gasteiger partial charge on any atom is -0.493 e. The second-order valence-electron chi connectivity index (χ2n) is 5.51. The highest BCUT2D eigenvalue weighted by atomic mass is 79.9. The van der Waals surface area contributed by atoms with E-state index in [1.54, 1.807) is 19.2 Å². The van der Waals surface area contributed by atoms with Gasteiger partial charge in [0.2, 0.25) is 0 Å². The summed E-state index contributed by atoms with van der Waals surface area (Å²) in [7, 11) is 1.58. The molecular formula is C19H12BrNO4. The number of carboxylic acid groups (broad SMARTS) is 1. The molecule has 0 atom stereocenters. The molecule has 5 nitrogen and oxygen atoms in total. The van der Waals surface area contributed by atoms with E-state index in [0.29, 0.717) is 33.7 Å². The number of methoxy groups -OCH3 is 1. The summed E-state index contributed by atoms with van der Waals surface area (Å²) in [6, 6.07) is 14.3. The predicted octanol–water partition coefficient (Wildman–Crippen LogP) is 5.12. The minimum atomic E-state index is -1.01. The van der Waals surface area contributed by atoms with Crippen molar-refractivity contribution in [3.8, 4) is 17.2 Å². The maximum absolute atomic E-state index is 11.7. The standard InChI is InChI=1S/C19H12BrNO4/c1-24-16-4-2-3-10-7-17(25-18(10)16)15-9-13(19(22)23)12-8-11(20)5-6-14(12)21-15/h2-9H,1H3,(H,22,23). The number of hydrogen-bond acceptors (Lipinski definition) is 4. The molecule has 0 aliphatic carbocycles. The molecule has 6 heteroatoms. The van der Waals surface area contributed by atoms with Crippen molar-refractivity contribution >= 4 is 43.8 Å². The molecular weight excluding hydrogens is 386 g/mol. The summed E-state index contributed by atoms with van der Waals surface area (Å²) in [5.74, 6) is 0.0965. The van der Waals surface area contributed by atoms with Crippen LogP contribution < -0.4 is 4.74 Å². The molecule has 0 amide bonds. The van der Waals surface area contributed by atoms with Crippen LogP contribution in [0.4, 0.5) is 0 Å². The van der Waals surface area contributed by atoms with Crippen molar-refractivity contribution in [2.75, 3.05) is 7.11 Å². The molecule has 124 valence electrons. The number of ether oxygens (including phenoxy) is 1. The summed E-state index contributed by atoms with van der Waals surface area (Å²) >= 11 is 3.37. The Balaban J connectivity index is 1.98. The van der Waals surface area contributed by atoms with Crippen molar-refractivity contribution in [3.05, 3.63) is 58.6 Å². The summed E-state index contributed by atoms with van der Waals surface area (Å²) in [5, 5.41) is 11.0. The zero-order chi connectivity index (χ0) is 17.6. The van der Waals surface area contributed by atoms with Crippen LogP contribution in [0.1, 0.15) is 10.4 Å². The number of hydrogen-bond donors (Lipinski definition) is 1. The first-order chi connectivity index (χ1) is 12.1. The van der Waals surface area contributed by atoms with Crippen LogP contribution in [0.25, 0.3) is 33.3 Å². The van der Waals surface area contributed by atoms with E-state index in [1.807, 2.05) is 30.3 Å². The second-order valence-corrected chi connectivity index (χ2v) is 6.43. The van der Waals surface area contributed by atoms with Gasteiger partial charge >= 0.3 is 5.97 Å². The lowest BCUT2D eigenvalue weighted by Gasteiger charge is -2.06. The Labute approximate surface area is 151 Å². The van der Waals surface area contributed by atoms with Gasteiger partial charge in [-0.25, -0.2) is 9.78 Å². The van der Waals surface area contributed by atoms with Gasteiger partial charge in [0.15, 0.2) is 17.1 Å². The number of rotatable bonds is 3. The van der Waals surface area contributed by atoms with Gasteiger partial charge in [0.1, 0.15) is 5.69 Å². The number of halogens is 1. The van der Waals surface area contributed by atoms with Crippen LogP contribution in [0.2, 0.25) is 0 Å². The quantitative estimate of drug-likeness (QED) is 0.519. The SMILES string of the molecule is COc1cccc2cc(-c3cc(C(=O)O)c4cc(Br)ccc4n3)oc12. The van der Waals surface area contributed by atoms with Gasteiger partial charge in [0, 0.05) is 15.2 Å². The fourth-order valence-electron chi connectivity index (χ4n) is 2.82. The number of carboxylic acids is 1. The molecule has 0 aliphatic heterocycles. The molecule has 2 aromatic carbocycles. The number of pyridine rings is 1. The summed E-state index contributed by atoms with van der Waals surface area (Å²) in [4.78, 5) is 16.3. The van der Waals surface area contributed by atoms with Gasteiger partial charge in [0.25, 0.3) is 0 Å². The molecule has 4 rings (SSSR count). The second kappa shape index (κ2) is 5.89. The van der Waals surface area contributed by atoms with Gasteiger partial charge in [-0.3, -0.25) is 0 Å². The number of benzene rings is 2. The average Bonchev–Trinajstić information content (AvgIpc) is 3.04. The largest absolute Gasteiger partial charge is 0.493 e. The predicted molar refractivity (Wildman–Crippen MR) is 98.2 cm³/mol. The minimum absolute atomic E-state index is 0.175. The van der Waals surface area contributed by atoms with Crippen molar-refractivity contribution in [1.29, 1.82) is 0 Å². The number of aromatic carboxylic acids is 1. The van der Waals surface area contributed by atoms with Gasteiger partial charge in [-0.15, -0.1) is 0 Å². The van der Waals surface area contributed by atoms with E-state index in [9.17, 15) is 9.90 Å². The highest BCUT2D eigenvalue weighted by Gasteiger charge is 2.16. The molecule has 0 saturated heterocycles. The lowest BCUT2D eigenvalue weighted by molar-refractivity contribution is 0.0699. The third kappa shape index (κ3) is 2.64. The van der Waals surface area contributed by atoms with E-state index in [4.69, 9.17) is 9.15 Å². The van der Waals surface area contributed by atoms with Crippen molar-refractivity contribution < 1.29 is 19.1 Å². The molecule has 0 radical (unpaired) electrons. The van der Waals surface area contributed by atoms with E-state index in [-0.39, 0.29) is 5.56 Å².